The summed E-state index contributed by atoms with van der Waals surface area (Å²) in [5, 5.41) is 9.35. The van der Waals surface area contributed by atoms with Crippen LogP contribution in [0.25, 0.3) is 0 Å². The molecule has 0 aliphatic heterocycles. The molecule has 94 valence electrons. The zero-order valence-electron chi connectivity index (χ0n) is 11.0. The number of carbonyl (C=O) groups is 1. The average molecular weight is 234 g/mol. The molecule has 0 radical (unpaired) electrons. The second-order valence-corrected chi connectivity index (χ2v) is 7.01. The predicted octanol–water partition coefficient (Wildman–Crippen LogP) is 3.48. The van der Waals surface area contributed by atoms with E-state index in [0.29, 0.717) is 11.0 Å². The number of hydrogen-bond donors (Lipinski definition) is 1. The number of fused-ring (bicyclic) bond motifs is 1. The zero-order chi connectivity index (χ0) is 12.4. The molecule has 4 atom stereocenters. The second kappa shape index (κ2) is 3.15. The first-order chi connectivity index (χ1) is 7.89. The Labute approximate surface area is 103 Å². The van der Waals surface area contributed by atoms with Gasteiger partial charge in [-0.15, -0.1) is 0 Å². The molecular formula is C15H22O2. The lowest BCUT2D eigenvalue weighted by Crippen LogP contribution is -2.30. The molecule has 2 bridgehead atoms. The van der Waals surface area contributed by atoms with Gasteiger partial charge in [-0.05, 0) is 54.3 Å². The summed E-state index contributed by atoms with van der Waals surface area (Å²) in [6.45, 7) is 6.96. The molecule has 3 rings (SSSR count). The van der Waals surface area contributed by atoms with Gasteiger partial charge in [-0.1, -0.05) is 26.8 Å². The fourth-order valence-corrected chi connectivity index (χ4v) is 5.29. The highest BCUT2D eigenvalue weighted by atomic mass is 16.4. The zero-order valence-corrected chi connectivity index (χ0v) is 11.0. The fourth-order valence-electron chi connectivity index (χ4n) is 5.29. The molecule has 0 aromatic heterocycles. The Balaban J connectivity index is 2.09. The van der Waals surface area contributed by atoms with Crippen LogP contribution in [-0.4, -0.2) is 11.1 Å². The van der Waals surface area contributed by atoms with E-state index in [-0.39, 0.29) is 11.3 Å². The minimum absolute atomic E-state index is 0.172. The molecule has 2 saturated carbocycles. The van der Waals surface area contributed by atoms with Crippen molar-refractivity contribution in [3.05, 3.63) is 11.6 Å². The summed E-state index contributed by atoms with van der Waals surface area (Å²) in [6, 6.07) is 0. The Bertz CT molecular complexity index is 407. The first-order valence-corrected chi connectivity index (χ1v) is 6.83. The lowest BCUT2D eigenvalue weighted by atomic mass is 9.68. The SMILES string of the molecule is CC1CCC2C(C)(C)C3CC12CC=C3C(=O)O. The third-order valence-corrected chi connectivity index (χ3v) is 6.27. The summed E-state index contributed by atoms with van der Waals surface area (Å²) < 4.78 is 0. The second-order valence-electron chi connectivity index (χ2n) is 7.01. The van der Waals surface area contributed by atoms with Crippen molar-refractivity contribution in [1.29, 1.82) is 0 Å². The van der Waals surface area contributed by atoms with E-state index < -0.39 is 5.97 Å². The van der Waals surface area contributed by atoms with Crippen LogP contribution < -0.4 is 0 Å². The number of hydrogen-bond acceptors (Lipinski definition) is 1. The molecule has 4 unspecified atom stereocenters. The first kappa shape index (κ1) is 11.3. The van der Waals surface area contributed by atoms with Crippen molar-refractivity contribution in [2.75, 3.05) is 0 Å². The number of allylic oxidation sites excluding steroid dienone is 1. The lowest BCUT2D eigenvalue weighted by molar-refractivity contribution is -0.133. The third kappa shape index (κ3) is 1.19. The molecule has 0 aromatic rings. The van der Waals surface area contributed by atoms with Crippen LogP contribution in [0.4, 0.5) is 0 Å². The first-order valence-electron chi connectivity index (χ1n) is 6.83. The smallest absolute Gasteiger partial charge is 0.331 e. The van der Waals surface area contributed by atoms with E-state index in [2.05, 4.69) is 20.8 Å². The summed E-state index contributed by atoms with van der Waals surface area (Å²) in [6.07, 6.45) is 6.78. The average Bonchev–Trinajstić information content (AvgIpc) is 2.64. The summed E-state index contributed by atoms with van der Waals surface area (Å²) >= 11 is 0. The van der Waals surface area contributed by atoms with Crippen molar-refractivity contribution >= 4 is 5.97 Å². The number of carboxylic acid groups (broad SMARTS) is 1. The van der Waals surface area contributed by atoms with Gasteiger partial charge >= 0.3 is 5.97 Å². The number of carboxylic acids is 1. The summed E-state index contributed by atoms with van der Waals surface area (Å²) in [7, 11) is 0. The monoisotopic (exact) mass is 234 g/mol. The van der Waals surface area contributed by atoms with Crippen LogP contribution in [0.1, 0.15) is 46.5 Å². The van der Waals surface area contributed by atoms with Crippen LogP contribution >= 0.6 is 0 Å². The van der Waals surface area contributed by atoms with Crippen molar-refractivity contribution in [3.63, 3.8) is 0 Å². The van der Waals surface area contributed by atoms with Gasteiger partial charge in [-0.2, -0.15) is 0 Å². The summed E-state index contributed by atoms with van der Waals surface area (Å²) in [5.41, 5.74) is 1.29. The van der Waals surface area contributed by atoms with Crippen molar-refractivity contribution in [2.45, 2.75) is 46.5 Å². The standard InChI is InChI=1S/C15H22O2/c1-9-4-5-12-14(2,3)11-8-15(9,12)7-6-10(11)13(16)17/h6,9,11-12H,4-5,7-8H2,1-3H3,(H,16,17). The molecule has 3 aliphatic rings. The highest BCUT2D eigenvalue weighted by Gasteiger charge is 2.64. The van der Waals surface area contributed by atoms with Crippen LogP contribution in [0.5, 0.6) is 0 Å². The topological polar surface area (TPSA) is 37.3 Å². The molecule has 2 fully saturated rings. The van der Waals surface area contributed by atoms with Gasteiger partial charge in [-0.25, -0.2) is 4.79 Å². The molecule has 17 heavy (non-hydrogen) atoms. The highest BCUT2D eigenvalue weighted by molar-refractivity contribution is 5.87. The Morgan fingerprint density at radius 1 is 1.41 bits per heavy atom. The third-order valence-electron chi connectivity index (χ3n) is 6.27. The van der Waals surface area contributed by atoms with Gasteiger partial charge in [0.1, 0.15) is 0 Å². The van der Waals surface area contributed by atoms with Crippen LogP contribution in [0.2, 0.25) is 0 Å². The Kier molecular flexibility index (Phi) is 2.10. The molecular weight excluding hydrogens is 212 g/mol. The molecule has 1 N–H and O–H groups in total. The molecule has 0 amide bonds. The van der Waals surface area contributed by atoms with Crippen LogP contribution in [-0.2, 0) is 4.79 Å². The van der Waals surface area contributed by atoms with Gasteiger partial charge in [0.2, 0.25) is 0 Å². The molecule has 0 heterocycles. The summed E-state index contributed by atoms with van der Waals surface area (Å²) in [5.74, 6) is 1.08. The predicted molar refractivity (Wildman–Crippen MR) is 66.5 cm³/mol. The Morgan fingerprint density at radius 3 is 2.76 bits per heavy atom. The van der Waals surface area contributed by atoms with Gasteiger partial charge in [0.15, 0.2) is 0 Å². The van der Waals surface area contributed by atoms with Crippen LogP contribution in [0.15, 0.2) is 11.6 Å². The van der Waals surface area contributed by atoms with E-state index in [1.807, 2.05) is 6.08 Å². The van der Waals surface area contributed by atoms with Gasteiger partial charge in [0, 0.05) is 5.57 Å². The summed E-state index contributed by atoms with van der Waals surface area (Å²) in [4.78, 5) is 11.4. The van der Waals surface area contributed by atoms with Crippen molar-refractivity contribution in [1.82, 2.24) is 0 Å². The largest absolute Gasteiger partial charge is 0.478 e. The molecule has 1 spiro atoms. The van der Waals surface area contributed by atoms with E-state index in [1.54, 1.807) is 0 Å². The Hall–Kier alpha value is -0.790. The van der Waals surface area contributed by atoms with Gasteiger partial charge in [0.05, 0.1) is 0 Å². The van der Waals surface area contributed by atoms with Gasteiger partial charge < -0.3 is 5.11 Å². The molecule has 0 aromatic carbocycles. The number of rotatable bonds is 1. The maximum Gasteiger partial charge on any atom is 0.331 e. The lowest BCUT2D eigenvalue weighted by Gasteiger charge is -2.36. The van der Waals surface area contributed by atoms with Crippen molar-refractivity contribution < 1.29 is 9.90 Å². The van der Waals surface area contributed by atoms with Gasteiger partial charge in [-0.3, -0.25) is 0 Å². The van der Waals surface area contributed by atoms with E-state index in [1.165, 1.54) is 12.8 Å². The maximum absolute atomic E-state index is 11.4. The highest BCUT2D eigenvalue weighted by Crippen LogP contribution is 2.71. The molecule has 3 aliphatic carbocycles. The van der Waals surface area contributed by atoms with Crippen LogP contribution in [0.3, 0.4) is 0 Å². The van der Waals surface area contributed by atoms with E-state index in [9.17, 15) is 9.90 Å². The van der Waals surface area contributed by atoms with Gasteiger partial charge in [0.25, 0.3) is 0 Å². The Morgan fingerprint density at radius 2 is 2.12 bits per heavy atom. The van der Waals surface area contributed by atoms with Crippen molar-refractivity contribution in [3.8, 4) is 0 Å². The minimum Gasteiger partial charge on any atom is -0.478 e. The number of aliphatic carboxylic acids is 1. The van der Waals surface area contributed by atoms with E-state index in [4.69, 9.17) is 0 Å². The van der Waals surface area contributed by atoms with E-state index >= 15 is 0 Å². The minimum atomic E-state index is -0.689. The van der Waals surface area contributed by atoms with E-state index in [0.717, 1.165) is 24.7 Å². The molecule has 2 nitrogen and oxygen atoms in total. The van der Waals surface area contributed by atoms with Crippen molar-refractivity contribution in [2.24, 2.45) is 28.6 Å². The maximum atomic E-state index is 11.4. The van der Waals surface area contributed by atoms with Crippen LogP contribution in [0, 0.1) is 28.6 Å². The molecule has 2 heteroatoms. The fraction of sp³-hybridized carbons (Fsp3) is 0.800. The quantitative estimate of drug-likeness (QED) is 0.754. The normalized spacial score (nSPS) is 46.5. The molecule has 0 saturated heterocycles.